The number of hydrogen-bond acceptors (Lipinski definition) is 4. The topological polar surface area (TPSA) is 92.7 Å². The number of nitrogens with one attached hydrogen (secondary N) is 1. The van der Waals surface area contributed by atoms with Crippen molar-refractivity contribution < 1.29 is 22.5 Å². The lowest BCUT2D eigenvalue weighted by Gasteiger charge is -2.12. The molecule has 0 unspecified atom stereocenters. The summed E-state index contributed by atoms with van der Waals surface area (Å²) in [6.07, 6.45) is -0.727. The van der Waals surface area contributed by atoms with E-state index < -0.39 is 28.0 Å². The van der Waals surface area contributed by atoms with E-state index in [-0.39, 0.29) is 6.61 Å². The van der Waals surface area contributed by atoms with Gasteiger partial charge in [0.05, 0.1) is 5.75 Å². The van der Waals surface area contributed by atoms with Gasteiger partial charge in [0.2, 0.25) is 0 Å². The van der Waals surface area contributed by atoms with Gasteiger partial charge in [-0.3, -0.25) is 4.55 Å². The van der Waals surface area contributed by atoms with Gasteiger partial charge in [-0.15, -0.1) is 0 Å². The van der Waals surface area contributed by atoms with Crippen molar-refractivity contribution >= 4 is 16.2 Å². The van der Waals surface area contributed by atoms with Crippen LogP contribution < -0.4 is 5.32 Å². The highest BCUT2D eigenvalue weighted by molar-refractivity contribution is 7.85. The fourth-order valence-electron chi connectivity index (χ4n) is 1.32. The van der Waals surface area contributed by atoms with Crippen molar-refractivity contribution in [2.24, 2.45) is 0 Å². The molecule has 1 rings (SSSR count). The molecule has 1 aromatic rings. The van der Waals surface area contributed by atoms with E-state index in [1.807, 2.05) is 18.2 Å². The summed E-state index contributed by atoms with van der Waals surface area (Å²) in [4.78, 5) is 11.3. The first-order chi connectivity index (χ1) is 8.37. The molecule has 0 aliphatic carbocycles. The normalized spacial score (nSPS) is 12.8. The molecule has 0 saturated heterocycles. The Morgan fingerprint density at radius 1 is 1.39 bits per heavy atom. The first-order valence-corrected chi connectivity index (χ1v) is 6.90. The van der Waals surface area contributed by atoms with Crippen molar-refractivity contribution in [3.8, 4) is 0 Å². The van der Waals surface area contributed by atoms with E-state index >= 15 is 0 Å². The molecule has 0 aromatic heterocycles. The fourth-order valence-corrected chi connectivity index (χ4v) is 2.04. The van der Waals surface area contributed by atoms with Crippen molar-refractivity contribution in [1.29, 1.82) is 0 Å². The molecule has 1 amide bonds. The van der Waals surface area contributed by atoms with E-state index in [0.717, 1.165) is 5.56 Å². The molecule has 1 atom stereocenters. The molecule has 18 heavy (non-hydrogen) atoms. The molecule has 0 bridgehead atoms. The van der Waals surface area contributed by atoms with E-state index in [2.05, 4.69) is 5.32 Å². The van der Waals surface area contributed by atoms with E-state index in [0.29, 0.717) is 0 Å². The van der Waals surface area contributed by atoms with Gasteiger partial charge in [-0.1, -0.05) is 30.3 Å². The average Bonchev–Trinajstić information content (AvgIpc) is 2.25. The van der Waals surface area contributed by atoms with Gasteiger partial charge < -0.3 is 10.1 Å². The third-order valence-corrected chi connectivity index (χ3v) is 2.96. The van der Waals surface area contributed by atoms with Gasteiger partial charge in [-0.2, -0.15) is 8.42 Å². The van der Waals surface area contributed by atoms with E-state index in [4.69, 9.17) is 9.29 Å². The molecule has 0 fully saturated rings. The predicted molar refractivity (Wildman–Crippen MR) is 65.6 cm³/mol. The minimum absolute atomic E-state index is 0.102. The Balaban J connectivity index is 2.34. The van der Waals surface area contributed by atoms with Crippen LogP contribution in [0, 0.1) is 0 Å². The van der Waals surface area contributed by atoms with E-state index in [1.165, 1.54) is 6.92 Å². The number of alkyl carbamates (subject to hydrolysis) is 1. The van der Waals surface area contributed by atoms with Crippen molar-refractivity contribution in [3.63, 3.8) is 0 Å². The molecule has 6 nitrogen and oxygen atoms in total. The molecule has 0 aliphatic heterocycles. The molecular formula is C11H15NO5S. The molecule has 2 N–H and O–H groups in total. The number of benzene rings is 1. The predicted octanol–water partition coefficient (Wildman–Crippen LogP) is 1.19. The summed E-state index contributed by atoms with van der Waals surface area (Å²) in [7, 11) is -4.11. The smallest absolute Gasteiger partial charge is 0.407 e. The zero-order valence-electron chi connectivity index (χ0n) is 9.87. The van der Waals surface area contributed by atoms with E-state index in [9.17, 15) is 13.2 Å². The molecule has 0 heterocycles. The number of carbonyl (C=O) groups excluding carboxylic acids is 1. The van der Waals surface area contributed by atoms with Crippen LogP contribution in [0.15, 0.2) is 30.3 Å². The maximum atomic E-state index is 11.3. The van der Waals surface area contributed by atoms with Crippen molar-refractivity contribution in [1.82, 2.24) is 5.32 Å². The Hall–Kier alpha value is -1.60. The van der Waals surface area contributed by atoms with Crippen molar-refractivity contribution in [3.05, 3.63) is 35.9 Å². The molecule has 7 heteroatoms. The van der Waals surface area contributed by atoms with Gasteiger partial charge in [0.15, 0.2) is 0 Å². The third-order valence-electron chi connectivity index (χ3n) is 2.04. The Labute approximate surface area is 106 Å². The summed E-state index contributed by atoms with van der Waals surface area (Å²) < 4.78 is 34.6. The maximum Gasteiger partial charge on any atom is 0.407 e. The monoisotopic (exact) mass is 273 g/mol. The standard InChI is InChI=1S/C11H15NO5S/c1-9(8-18(14,15)16)12-11(13)17-7-10-5-3-2-4-6-10/h2-6,9H,7-8H2,1H3,(H,12,13)(H,14,15,16)/t9-/m1/s1. The van der Waals surface area contributed by atoms with Crippen LogP contribution in [-0.2, 0) is 21.5 Å². The zero-order valence-corrected chi connectivity index (χ0v) is 10.7. The van der Waals surface area contributed by atoms with Crippen molar-refractivity contribution in [2.45, 2.75) is 19.6 Å². The van der Waals surface area contributed by atoms with Crippen LogP contribution in [0.1, 0.15) is 12.5 Å². The van der Waals surface area contributed by atoms with Crippen LogP contribution in [0.5, 0.6) is 0 Å². The summed E-state index contributed by atoms with van der Waals surface area (Å²) in [6.45, 7) is 1.56. The summed E-state index contributed by atoms with van der Waals surface area (Å²) in [5.41, 5.74) is 0.829. The minimum Gasteiger partial charge on any atom is -0.445 e. The number of rotatable bonds is 5. The molecular weight excluding hydrogens is 258 g/mol. The van der Waals surface area contributed by atoms with Gasteiger partial charge in [0, 0.05) is 6.04 Å². The highest BCUT2D eigenvalue weighted by Gasteiger charge is 2.15. The summed E-state index contributed by atoms with van der Waals surface area (Å²) in [5, 5.41) is 2.31. The maximum absolute atomic E-state index is 11.3. The van der Waals surface area contributed by atoms with Gasteiger partial charge in [-0.25, -0.2) is 4.79 Å². The largest absolute Gasteiger partial charge is 0.445 e. The quantitative estimate of drug-likeness (QED) is 0.786. The van der Waals surface area contributed by atoms with Crippen LogP contribution in [0.25, 0.3) is 0 Å². The molecule has 0 aliphatic rings. The zero-order chi connectivity index (χ0) is 13.6. The second-order valence-electron chi connectivity index (χ2n) is 3.86. The SMILES string of the molecule is C[C@H](CS(=O)(=O)O)NC(=O)OCc1ccccc1. The Bertz CT molecular complexity index is 485. The lowest BCUT2D eigenvalue weighted by atomic mass is 10.2. The molecule has 100 valence electrons. The summed E-state index contributed by atoms with van der Waals surface area (Å²) in [6, 6.07) is 8.36. The Morgan fingerprint density at radius 3 is 2.56 bits per heavy atom. The first kappa shape index (κ1) is 14.5. The van der Waals surface area contributed by atoms with Crippen LogP contribution in [-0.4, -0.2) is 30.9 Å². The van der Waals surface area contributed by atoms with Crippen LogP contribution in [0.4, 0.5) is 4.79 Å². The average molecular weight is 273 g/mol. The molecule has 0 radical (unpaired) electrons. The molecule has 0 saturated carbocycles. The summed E-state index contributed by atoms with van der Waals surface area (Å²) in [5.74, 6) is -0.548. The van der Waals surface area contributed by atoms with E-state index in [1.54, 1.807) is 12.1 Å². The lowest BCUT2D eigenvalue weighted by Crippen LogP contribution is -2.37. The lowest BCUT2D eigenvalue weighted by molar-refractivity contribution is 0.137. The van der Waals surface area contributed by atoms with Gasteiger partial charge in [0.25, 0.3) is 10.1 Å². The Kier molecular flexibility index (Phi) is 5.11. The number of ether oxygens (including phenoxy) is 1. The number of amides is 1. The number of carbonyl (C=O) groups is 1. The highest BCUT2D eigenvalue weighted by Crippen LogP contribution is 2.01. The molecule has 0 spiro atoms. The fraction of sp³-hybridized carbons (Fsp3) is 0.364. The molecule has 1 aromatic carbocycles. The van der Waals surface area contributed by atoms with Gasteiger partial charge in [-0.05, 0) is 12.5 Å². The van der Waals surface area contributed by atoms with Gasteiger partial charge in [0.1, 0.15) is 6.61 Å². The van der Waals surface area contributed by atoms with Gasteiger partial charge >= 0.3 is 6.09 Å². The Morgan fingerprint density at radius 2 is 2.00 bits per heavy atom. The third kappa shape index (κ3) is 6.21. The van der Waals surface area contributed by atoms with Crippen molar-refractivity contribution in [2.75, 3.05) is 5.75 Å². The second kappa shape index (κ2) is 6.36. The summed E-state index contributed by atoms with van der Waals surface area (Å²) >= 11 is 0. The number of hydrogen-bond donors (Lipinski definition) is 2. The van der Waals surface area contributed by atoms with Crippen LogP contribution >= 0.6 is 0 Å². The minimum atomic E-state index is -4.11. The highest BCUT2D eigenvalue weighted by atomic mass is 32.2. The second-order valence-corrected chi connectivity index (χ2v) is 5.35. The van der Waals surface area contributed by atoms with Crippen LogP contribution in [0.3, 0.4) is 0 Å². The van der Waals surface area contributed by atoms with Crippen LogP contribution in [0.2, 0.25) is 0 Å². The first-order valence-electron chi connectivity index (χ1n) is 5.29.